The minimum atomic E-state index is 0.665. The van der Waals surface area contributed by atoms with Crippen LogP contribution in [0.2, 0.25) is 0 Å². The SMILES string of the molecule is CCCOCc1ccccc1CN=C(NCC)NCCN1CCCCC1. The Bertz CT molecular complexity index is 526. The summed E-state index contributed by atoms with van der Waals surface area (Å²) in [5.74, 6) is 0.897. The summed E-state index contributed by atoms with van der Waals surface area (Å²) < 4.78 is 5.71. The number of aliphatic imine (C=N–C) groups is 1. The highest BCUT2D eigenvalue weighted by Gasteiger charge is 2.09. The summed E-state index contributed by atoms with van der Waals surface area (Å²) in [5, 5.41) is 6.83. The zero-order valence-corrected chi connectivity index (χ0v) is 16.6. The van der Waals surface area contributed by atoms with E-state index in [1.807, 2.05) is 0 Å². The molecule has 0 amide bonds. The van der Waals surface area contributed by atoms with Crippen molar-refractivity contribution in [3.05, 3.63) is 35.4 Å². The van der Waals surface area contributed by atoms with Crippen LogP contribution in [0.4, 0.5) is 0 Å². The van der Waals surface area contributed by atoms with Gasteiger partial charge in [0.1, 0.15) is 0 Å². The monoisotopic (exact) mass is 360 g/mol. The molecule has 1 heterocycles. The molecule has 2 N–H and O–H groups in total. The van der Waals surface area contributed by atoms with Gasteiger partial charge in [0.05, 0.1) is 13.2 Å². The van der Waals surface area contributed by atoms with Gasteiger partial charge in [-0.1, -0.05) is 37.6 Å². The molecule has 146 valence electrons. The van der Waals surface area contributed by atoms with Crippen molar-refractivity contribution in [2.45, 2.75) is 52.7 Å². The molecule has 0 radical (unpaired) electrons. The van der Waals surface area contributed by atoms with Crippen molar-refractivity contribution in [2.75, 3.05) is 39.3 Å². The smallest absolute Gasteiger partial charge is 0.191 e. The van der Waals surface area contributed by atoms with Gasteiger partial charge in [-0.25, -0.2) is 4.99 Å². The Hall–Kier alpha value is -1.59. The van der Waals surface area contributed by atoms with E-state index >= 15 is 0 Å². The van der Waals surface area contributed by atoms with Crippen LogP contribution >= 0.6 is 0 Å². The Morgan fingerprint density at radius 2 is 1.85 bits per heavy atom. The molecular formula is C21H36N4O. The van der Waals surface area contributed by atoms with Crippen LogP contribution in [0.3, 0.4) is 0 Å². The van der Waals surface area contributed by atoms with E-state index in [4.69, 9.17) is 9.73 Å². The fourth-order valence-electron chi connectivity index (χ4n) is 3.20. The first-order valence-electron chi connectivity index (χ1n) is 10.2. The molecule has 1 fully saturated rings. The highest BCUT2D eigenvalue weighted by molar-refractivity contribution is 5.79. The lowest BCUT2D eigenvalue weighted by Crippen LogP contribution is -2.42. The van der Waals surface area contributed by atoms with E-state index < -0.39 is 0 Å². The highest BCUT2D eigenvalue weighted by atomic mass is 16.5. The highest BCUT2D eigenvalue weighted by Crippen LogP contribution is 2.12. The molecule has 1 aliphatic rings. The van der Waals surface area contributed by atoms with Crippen LogP contribution in [0.15, 0.2) is 29.3 Å². The molecular weight excluding hydrogens is 324 g/mol. The molecule has 2 rings (SSSR count). The number of guanidine groups is 1. The molecule has 0 spiro atoms. The number of piperidine rings is 1. The quantitative estimate of drug-likeness (QED) is 0.382. The maximum atomic E-state index is 5.71. The fraction of sp³-hybridized carbons (Fsp3) is 0.667. The minimum absolute atomic E-state index is 0.665. The van der Waals surface area contributed by atoms with Gasteiger partial charge < -0.3 is 20.3 Å². The van der Waals surface area contributed by atoms with Crippen molar-refractivity contribution in [3.8, 4) is 0 Å². The molecule has 0 unspecified atom stereocenters. The second-order valence-electron chi connectivity index (χ2n) is 6.85. The topological polar surface area (TPSA) is 48.9 Å². The third-order valence-electron chi connectivity index (χ3n) is 4.65. The Morgan fingerprint density at radius 3 is 2.58 bits per heavy atom. The number of benzene rings is 1. The first-order chi connectivity index (χ1) is 12.8. The molecule has 1 aromatic carbocycles. The second-order valence-corrected chi connectivity index (χ2v) is 6.85. The van der Waals surface area contributed by atoms with Gasteiger partial charge in [-0.3, -0.25) is 0 Å². The Kier molecular flexibility index (Phi) is 10.1. The number of likely N-dealkylation sites (tertiary alicyclic amines) is 1. The number of hydrogen-bond donors (Lipinski definition) is 2. The van der Waals surface area contributed by atoms with Gasteiger partial charge in [0.25, 0.3) is 0 Å². The van der Waals surface area contributed by atoms with Crippen molar-refractivity contribution in [3.63, 3.8) is 0 Å². The molecule has 0 bridgehead atoms. The van der Waals surface area contributed by atoms with Gasteiger partial charge in [0, 0.05) is 26.2 Å². The van der Waals surface area contributed by atoms with Gasteiger partial charge in [0.2, 0.25) is 0 Å². The van der Waals surface area contributed by atoms with E-state index in [0.29, 0.717) is 13.2 Å². The fourth-order valence-corrected chi connectivity index (χ4v) is 3.20. The van der Waals surface area contributed by atoms with E-state index in [2.05, 4.69) is 53.6 Å². The molecule has 1 saturated heterocycles. The van der Waals surface area contributed by atoms with Crippen LogP contribution in [0.5, 0.6) is 0 Å². The van der Waals surface area contributed by atoms with E-state index in [-0.39, 0.29) is 0 Å². The van der Waals surface area contributed by atoms with E-state index in [0.717, 1.165) is 38.6 Å². The molecule has 26 heavy (non-hydrogen) atoms. The predicted molar refractivity (Wildman–Crippen MR) is 109 cm³/mol. The zero-order valence-electron chi connectivity index (χ0n) is 16.6. The number of rotatable bonds is 10. The lowest BCUT2D eigenvalue weighted by Gasteiger charge is -2.26. The summed E-state index contributed by atoms with van der Waals surface area (Å²) in [7, 11) is 0. The van der Waals surface area contributed by atoms with Crippen molar-refractivity contribution in [1.29, 1.82) is 0 Å². The van der Waals surface area contributed by atoms with Crippen LogP contribution in [0.25, 0.3) is 0 Å². The number of hydrogen-bond acceptors (Lipinski definition) is 3. The maximum absolute atomic E-state index is 5.71. The molecule has 1 aliphatic heterocycles. The molecule has 0 saturated carbocycles. The first-order valence-corrected chi connectivity index (χ1v) is 10.2. The van der Waals surface area contributed by atoms with Crippen molar-refractivity contribution in [1.82, 2.24) is 15.5 Å². The van der Waals surface area contributed by atoms with E-state index in [9.17, 15) is 0 Å². The second kappa shape index (κ2) is 12.7. The van der Waals surface area contributed by atoms with Crippen molar-refractivity contribution in [2.24, 2.45) is 4.99 Å². The van der Waals surface area contributed by atoms with E-state index in [1.165, 1.54) is 43.5 Å². The molecule has 5 heteroatoms. The van der Waals surface area contributed by atoms with Crippen LogP contribution in [-0.4, -0.2) is 50.2 Å². The van der Waals surface area contributed by atoms with E-state index in [1.54, 1.807) is 0 Å². The lowest BCUT2D eigenvalue weighted by molar-refractivity contribution is 0.121. The summed E-state index contributed by atoms with van der Waals surface area (Å²) in [6.07, 6.45) is 5.11. The van der Waals surface area contributed by atoms with Gasteiger partial charge in [0.15, 0.2) is 5.96 Å². The van der Waals surface area contributed by atoms with Crippen LogP contribution in [0, 0.1) is 0 Å². The summed E-state index contributed by atoms with van der Waals surface area (Å²) >= 11 is 0. The molecule has 0 aromatic heterocycles. The van der Waals surface area contributed by atoms with Gasteiger partial charge in [-0.15, -0.1) is 0 Å². The standard InChI is InChI=1S/C21H36N4O/c1-3-16-26-18-20-11-7-6-10-19(20)17-24-21(22-4-2)23-12-15-25-13-8-5-9-14-25/h6-7,10-11H,3-5,8-9,12-18H2,1-2H3,(H2,22,23,24). The minimum Gasteiger partial charge on any atom is -0.377 e. The maximum Gasteiger partial charge on any atom is 0.191 e. The van der Waals surface area contributed by atoms with Crippen LogP contribution < -0.4 is 10.6 Å². The molecule has 5 nitrogen and oxygen atoms in total. The molecule has 0 aliphatic carbocycles. The number of nitrogens with zero attached hydrogens (tertiary/aromatic N) is 2. The van der Waals surface area contributed by atoms with Crippen molar-refractivity contribution < 1.29 is 4.74 Å². The van der Waals surface area contributed by atoms with Crippen LogP contribution in [-0.2, 0) is 17.9 Å². The molecule has 0 atom stereocenters. The average Bonchev–Trinajstić information content (AvgIpc) is 2.68. The first kappa shape index (κ1) is 20.7. The van der Waals surface area contributed by atoms with Gasteiger partial charge >= 0.3 is 0 Å². The Balaban J connectivity index is 1.85. The summed E-state index contributed by atoms with van der Waals surface area (Å²) in [6, 6.07) is 8.42. The number of ether oxygens (including phenoxy) is 1. The summed E-state index contributed by atoms with van der Waals surface area (Å²) in [6.45, 7) is 11.8. The van der Waals surface area contributed by atoms with Gasteiger partial charge in [-0.2, -0.15) is 0 Å². The lowest BCUT2D eigenvalue weighted by atomic mass is 10.1. The van der Waals surface area contributed by atoms with Crippen LogP contribution in [0.1, 0.15) is 50.7 Å². The Morgan fingerprint density at radius 1 is 1.08 bits per heavy atom. The predicted octanol–water partition coefficient (Wildman–Crippen LogP) is 3.15. The normalized spacial score (nSPS) is 15.8. The third kappa shape index (κ3) is 7.75. The Labute approximate surface area is 159 Å². The molecule has 1 aromatic rings. The average molecular weight is 361 g/mol. The number of nitrogens with one attached hydrogen (secondary N) is 2. The van der Waals surface area contributed by atoms with Gasteiger partial charge in [-0.05, 0) is 50.4 Å². The third-order valence-corrected chi connectivity index (χ3v) is 4.65. The summed E-state index contributed by atoms with van der Waals surface area (Å²) in [4.78, 5) is 7.32. The summed E-state index contributed by atoms with van der Waals surface area (Å²) in [5.41, 5.74) is 2.46. The largest absolute Gasteiger partial charge is 0.377 e. The van der Waals surface area contributed by atoms with Crippen molar-refractivity contribution >= 4 is 5.96 Å². The zero-order chi connectivity index (χ0) is 18.5.